The van der Waals surface area contributed by atoms with Crippen LogP contribution in [-0.2, 0) is 4.79 Å². The van der Waals surface area contributed by atoms with Gasteiger partial charge in [0, 0.05) is 11.1 Å². The Hall–Kier alpha value is -1.64. The van der Waals surface area contributed by atoms with Gasteiger partial charge >= 0.3 is 0 Å². The smallest absolute Gasteiger partial charge is 0.165 e. The molecule has 0 spiro atoms. The van der Waals surface area contributed by atoms with Crippen molar-refractivity contribution in [2.24, 2.45) is 0 Å². The minimum atomic E-state index is -0.382. The van der Waals surface area contributed by atoms with Crippen LogP contribution in [0.2, 0.25) is 0 Å². The lowest BCUT2D eigenvalue weighted by atomic mass is 10.0. The fourth-order valence-electron chi connectivity index (χ4n) is 1.68. The van der Waals surface area contributed by atoms with Gasteiger partial charge in [-0.15, -0.1) is 0 Å². The number of ether oxygens (including phenoxy) is 1. The average Bonchev–Trinajstić information content (AvgIpc) is 2.28. The summed E-state index contributed by atoms with van der Waals surface area (Å²) in [5.74, 6) is -0.137. The molecule has 15 heavy (non-hydrogen) atoms. The van der Waals surface area contributed by atoms with Gasteiger partial charge in [0.15, 0.2) is 11.6 Å². The van der Waals surface area contributed by atoms with Crippen LogP contribution in [0.5, 0.6) is 5.75 Å². The van der Waals surface area contributed by atoms with Gasteiger partial charge in [-0.25, -0.2) is 4.39 Å². The monoisotopic (exact) mass is 206 g/mol. The van der Waals surface area contributed by atoms with Crippen LogP contribution in [0.4, 0.5) is 4.39 Å². The second-order valence-electron chi connectivity index (χ2n) is 3.44. The summed E-state index contributed by atoms with van der Waals surface area (Å²) in [6, 6.07) is 4.68. The molecule has 2 rings (SSSR count). The van der Waals surface area contributed by atoms with Gasteiger partial charge in [-0.3, -0.25) is 4.79 Å². The zero-order chi connectivity index (χ0) is 10.8. The molecule has 0 saturated heterocycles. The maximum Gasteiger partial charge on any atom is 0.165 e. The number of hydrogen-bond acceptors (Lipinski definition) is 2. The molecule has 0 amide bonds. The Balaban J connectivity index is 2.51. The van der Waals surface area contributed by atoms with E-state index in [9.17, 15) is 9.18 Å². The van der Waals surface area contributed by atoms with E-state index in [2.05, 4.69) is 0 Å². The molecule has 78 valence electrons. The lowest BCUT2D eigenvalue weighted by molar-refractivity contribution is -0.105. The highest BCUT2D eigenvalue weighted by Gasteiger charge is 2.22. The lowest BCUT2D eigenvalue weighted by Crippen LogP contribution is -2.23. The third kappa shape index (κ3) is 1.65. The summed E-state index contributed by atoms with van der Waals surface area (Å²) >= 11 is 0. The molecule has 1 aliphatic rings. The Labute approximate surface area is 87.4 Å². The predicted octanol–water partition coefficient (Wildman–Crippen LogP) is 2.58. The van der Waals surface area contributed by atoms with E-state index in [1.807, 2.05) is 6.92 Å². The highest BCUT2D eigenvalue weighted by molar-refractivity contribution is 5.85. The standard InChI is InChI=1S/C12H11FO2/c1-2-11-9(7-14)6-8-4-3-5-10(13)12(8)15-11/h3-7,11H,2H2,1H3/t11-/m1/s1. The van der Waals surface area contributed by atoms with Crippen LogP contribution in [0.25, 0.3) is 6.08 Å². The molecular weight excluding hydrogens is 195 g/mol. The van der Waals surface area contributed by atoms with Gasteiger partial charge < -0.3 is 4.74 Å². The zero-order valence-corrected chi connectivity index (χ0v) is 8.37. The summed E-state index contributed by atoms with van der Waals surface area (Å²) in [6.45, 7) is 1.90. The van der Waals surface area contributed by atoms with Gasteiger partial charge in [0.25, 0.3) is 0 Å². The van der Waals surface area contributed by atoms with Gasteiger partial charge in [0.1, 0.15) is 12.4 Å². The molecule has 0 unspecified atom stereocenters. The van der Waals surface area contributed by atoms with Gasteiger partial charge in [-0.05, 0) is 18.6 Å². The summed E-state index contributed by atoms with van der Waals surface area (Å²) in [4.78, 5) is 10.8. The van der Waals surface area contributed by atoms with Gasteiger partial charge in [0.2, 0.25) is 0 Å². The van der Waals surface area contributed by atoms with Crippen molar-refractivity contribution in [1.82, 2.24) is 0 Å². The van der Waals surface area contributed by atoms with Crippen molar-refractivity contribution >= 4 is 12.4 Å². The second kappa shape index (κ2) is 3.85. The molecule has 0 saturated carbocycles. The highest BCUT2D eigenvalue weighted by Crippen LogP contribution is 2.32. The minimum absolute atomic E-state index is 0.245. The maximum atomic E-state index is 13.4. The topological polar surface area (TPSA) is 26.3 Å². The first-order valence-corrected chi connectivity index (χ1v) is 4.88. The Bertz CT molecular complexity index is 424. The van der Waals surface area contributed by atoms with E-state index in [1.165, 1.54) is 6.07 Å². The molecule has 1 heterocycles. The Kier molecular flexibility index (Phi) is 2.54. The minimum Gasteiger partial charge on any atom is -0.482 e. The number of rotatable bonds is 2. The van der Waals surface area contributed by atoms with Gasteiger partial charge in [0.05, 0.1) is 0 Å². The van der Waals surface area contributed by atoms with Crippen LogP contribution < -0.4 is 4.74 Å². The normalized spacial score (nSPS) is 18.8. The van der Waals surface area contributed by atoms with E-state index < -0.39 is 0 Å². The van der Waals surface area contributed by atoms with E-state index in [0.717, 1.165) is 6.29 Å². The van der Waals surface area contributed by atoms with Crippen LogP contribution in [0, 0.1) is 5.82 Å². The molecule has 0 aromatic heterocycles. The third-order valence-electron chi connectivity index (χ3n) is 2.46. The van der Waals surface area contributed by atoms with E-state index in [4.69, 9.17) is 4.74 Å². The molecule has 1 aliphatic heterocycles. The molecule has 0 N–H and O–H groups in total. The van der Waals surface area contributed by atoms with Crippen LogP contribution in [0.15, 0.2) is 23.8 Å². The predicted molar refractivity (Wildman–Crippen MR) is 55.1 cm³/mol. The molecule has 3 heteroatoms. The first kappa shape index (κ1) is 9.90. The highest BCUT2D eigenvalue weighted by atomic mass is 19.1. The van der Waals surface area contributed by atoms with Crippen molar-refractivity contribution in [2.75, 3.05) is 0 Å². The SMILES string of the molecule is CC[C@H]1Oc2c(F)cccc2C=C1C=O. The van der Waals surface area contributed by atoms with Crippen molar-refractivity contribution in [1.29, 1.82) is 0 Å². The molecule has 1 atom stereocenters. The van der Waals surface area contributed by atoms with Crippen molar-refractivity contribution in [2.45, 2.75) is 19.4 Å². The Morgan fingerprint density at radius 1 is 1.53 bits per heavy atom. The lowest BCUT2D eigenvalue weighted by Gasteiger charge is -2.23. The van der Waals surface area contributed by atoms with Crippen LogP contribution in [0.1, 0.15) is 18.9 Å². The summed E-state index contributed by atoms with van der Waals surface area (Å²) < 4.78 is 18.8. The third-order valence-corrected chi connectivity index (χ3v) is 2.46. The van der Waals surface area contributed by atoms with Crippen LogP contribution >= 0.6 is 0 Å². The summed E-state index contributed by atoms with van der Waals surface area (Å²) in [7, 11) is 0. The van der Waals surface area contributed by atoms with Crippen LogP contribution in [0.3, 0.4) is 0 Å². The molecule has 0 radical (unpaired) electrons. The largest absolute Gasteiger partial charge is 0.482 e. The number of carbonyl (C=O) groups is 1. The number of hydrogen-bond donors (Lipinski definition) is 0. The quantitative estimate of drug-likeness (QED) is 0.695. The number of halogens is 1. The zero-order valence-electron chi connectivity index (χ0n) is 8.37. The summed E-state index contributed by atoms with van der Waals surface area (Å²) in [6.07, 6.45) is 2.77. The van der Waals surface area contributed by atoms with Crippen LogP contribution in [-0.4, -0.2) is 12.4 Å². The van der Waals surface area contributed by atoms with Crippen molar-refractivity contribution in [3.8, 4) is 5.75 Å². The first-order chi connectivity index (χ1) is 7.26. The molecule has 0 fully saturated rings. The van der Waals surface area contributed by atoms with Crippen molar-refractivity contribution < 1.29 is 13.9 Å². The molecule has 0 bridgehead atoms. The Morgan fingerprint density at radius 3 is 3.00 bits per heavy atom. The molecule has 0 aliphatic carbocycles. The fourth-order valence-corrected chi connectivity index (χ4v) is 1.68. The summed E-state index contributed by atoms with van der Waals surface area (Å²) in [5, 5.41) is 0. The van der Waals surface area contributed by atoms with Gasteiger partial charge in [-0.2, -0.15) is 0 Å². The van der Waals surface area contributed by atoms with Crippen molar-refractivity contribution in [3.63, 3.8) is 0 Å². The molecule has 2 nitrogen and oxygen atoms in total. The number of benzene rings is 1. The van der Waals surface area contributed by atoms with E-state index >= 15 is 0 Å². The van der Waals surface area contributed by atoms with Gasteiger partial charge in [-0.1, -0.05) is 19.1 Å². The Morgan fingerprint density at radius 2 is 2.33 bits per heavy atom. The average molecular weight is 206 g/mol. The fraction of sp³-hybridized carbons (Fsp3) is 0.250. The molecule has 1 aromatic carbocycles. The number of aldehydes is 1. The van der Waals surface area contributed by atoms with E-state index in [-0.39, 0.29) is 17.7 Å². The van der Waals surface area contributed by atoms with E-state index in [1.54, 1.807) is 18.2 Å². The number of carbonyl (C=O) groups excluding carboxylic acids is 1. The number of fused-ring (bicyclic) bond motifs is 1. The second-order valence-corrected chi connectivity index (χ2v) is 3.44. The molecular formula is C12H11FO2. The molecule has 1 aromatic rings. The summed E-state index contributed by atoms with van der Waals surface area (Å²) in [5.41, 5.74) is 1.19. The first-order valence-electron chi connectivity index (χ1n) is 4.88. The maximum absolute atomic E-state index is 13.4. The van der Waals surface area contributed by atoms with Crippen molar-refractivity contribution in [3.05, 3.63) is 35.2 Å². The van der Waals surface area contributed by atoms with E-state index in [0.29, 0.717) is 17.6 Å². The number of para-hydroxylation sites is 1.